The van der Waals surface area contributed by atoms with E-state index in [9.17, 15) is 14.7 Å². The highest BCUT2D eigenvalue weighted by Gasteiger charge is 2.44. The minimum atomic E-state index is -0.812. The van der Waals surface area contributed by atoms with Crippen LogP contribution < -0.4 is 4.74 Å². The molecule has 0 saturated carbocycles. The molecule has 34 heavy (non-hydrogen) atoms. The molecule has 5 rings (SSSR count). The lowest BCUT2D eigenvalue weighted by atomic mass is 9.95. The van der Waals surface area contributed by atoms with E-state index in [0.717, 1.165) is 10.9 Å². The summed E-state index contributed by atoms with van der Waals surface area (Å²) in [5.41, 5.74) is 1.99. The lowest BCUT2D eigenvalue weighted by Gasteiger charge is -2.27. The predicted molar refractivity (Wildman–Crippen MR) is 128 cm³/mol. The Morgan fingerprint density at radius 1 is 1.06 bits per heavy atom. The molecule has 1 N–H and O–H groups in total. The van der Waals surface area contributed by atoms with Gasteiger partial charge in [0.2, 0.25) is 5.78 Å². The van der Waals surface area contributed by atoms with Gasteiger partial charge in [0.15, 0.2) is 11.5 Å². The molecule has 4 aromatic rings. The molecular formula is C27H20ClNO5. The summed E-state index contributed by atoms with van der Waals surface area (Å²) in [5, 5.41) is 12.1. The topological polar surface area (TPSA) is 80.0 Å². The van der Waals surface area contributed by atoms with Gasteiger partial charge < -0.3 is 19.2 Å². The standard InChI is InChI=1S/C27H20ClNO5/c1-33-20-12-6-16(7-13-20)15-29-24(17-8-10-19(28)11-9-17)23(26(31)27(29)32)25(30)22-14-18-4-2-3-5-21(18)34-22/h2-14,24,31H,15H2,1H3. The van der Waals surface area contributed by atoms with Gasteiger partial charge in [-0.1, -0.05) is 54.1 Å². The maximum Gasteiger partial charge on any atom is 0.290 e. The fourth-order valence-corrected chi connectivity index (χ4v) is 4.32. The zero-order chi connectivity index (χ0) is 23.8. The van der Waals surface area contributed by atoms with Crippen LogP contribution in [0.3, 0.4) is 0 Å². The Balaban J connectivity index is 1.57. The molecular weight excluding hydrogens is 454 g/mol. The van der Waals surface area contributed by atoms with Crippen molar-refractivity contribution in [2.24, 2.45) is 0 Å². The van der Waals surface area contributed by atoms with Crippen LogP contribution in [0.15, 0.2) is 94.6 Å². The van der Waals surface area contributed by atoms with Crippen molar-refractivity contribution >= 4 is 34.3 Å². The zero-order valence-corrected chi connectivity index (χ0v) is 19.0. The van der Waals surface area contributed by atoms with E-state index >= 15 is 0 Å². The van der Waals surface area contributed by atoms with E-state index in [1.54, 1.807) is 55.6 Å². The fourth-order valence-electron chi connectivity index (χ4n) is 4.19. The number of hydrogen-bond donors (Lipinski definition) is 1. The number of ketones is 1. The van der Waals surface area contributed by atoms with Gasteiger partial charge >= 0.3 is 0 Å². The molecule has 1 aliphatic rings. The van der Waals surface area contributed by atoms with Gasteiger partial charge in [0.25, 0.3) is 5.91 Å². The van der Waals surface area contributed by atoms with Crippen LogP contribution in [0.1, 0.15) is 27.7 Å². The van der Waals surface area contributed by atoms with Crippen molar-refractivity contribution in [2.45, 2.75) is 12.6 Å². The second-order valence-electron chi connectivity index (χ2n) is 7.98. The van der Waals surface area contributed by atoms with E-state index in [1.165, 1.54) is 4.90 Å². The summed E-state index contributed by atoms with van der Waals surface area (Å²) < 4.78 is 11.0. The Morgan fingerprint density at radius 2 is 1.76 bits per heavy atom. The number of Topliss-reactive ketones (excluding diaryl/α,β-unsaturated/α-hetero) is 1. The summed E-state index contributed by atoms with van der Waals surface area (Å²) in [7, 11) is 1.58. The maximum absolute atomic E-state index is 13.6. The number of aliphatic hydroxyl groups excluding tert-OH is 1. The number of rotatable bonds is 6. The van der Waals surface area contributed by atoms with Gasteiger partial charge in [-0.2, -0.15) is 0 Å². The van der Waals surface area contributed by atoms with Crippen molar-refractivity contribution in [3.05, 3.63) is 112 Å². The number of carbonyl (C=O) groups is 2. The summed E-state index contributed by atoms with van der Waals surface area (Å²) in [6.45, 7) is 0.178. The lowest BCUT2D eigenvalue weighted by Crippen LogP contribution is -2.30. The number of nitrogens with zero attached hydrogens (tertiary/aromatic N) is 1. The molecule has 1 aliphatic heterocycles. The molecule has 0 fully saturated rings. The third-order valence-corrected chi connectivity index (χ3v) is 6.15. The van der Waals surface area contributed by atoms with Gasteiger partial charge in [-0.3, -0.25) is 9.59 Å². The smallest absolute Gasteiger partial charge is 0.290 e. The van der Waals surface area contributed by atoms with Crippen molar-refractivity contribution in [2.75, 3.05) is 7.11 Å². The third kappa shape index (κ3) is 3.82. The largest absolute Gasteiger partial charge is 0.503 e. The molecule has 170 valence electrons. The van der Waals surface area contributed by atoms with Crippen LogP contribution in [0.4, 0.5) is 0 Å². The third-order valence-electron chi connectivity index (χ3n) is 5.90. The van der Waals surface area contributed by atoms with E-state index in [4.69, 9.17) is 20.8 Å². The molecule has 1 atom stereocenters. The number of benzene rings is 3. The van der Waals surface area contributed by atoms with Crippen LogP contribution in [-0.4, -0.2) is 28.8 Å². The molecule has 0 spiro atoms. The van der Waals surface area contributed by atoms with E-state index in [-0.39, 0.29) is 17.9 Å². The molecule has 0 radical (unpaired) electrons. The van der Waals surface area contributed by atoms with Gasteiger partial charge in [0, 0.05) is 17.0 Å². The summed E-state index contributed by atoms with van der Waals surface area (Å²) in [4.78, 5) is 28.2. The fraction of sp³-hybridized carbons (Fsp3) is 0.111. The SMILES string of the molecule is COc1ccc(CN2C(=O)C(O)=C(C(=O)c3cc4ccccc4o3)C2c2ccc(Cl)cc2)cc1. The van der Waals surface area contributed by atoms with E-state index in [2.05, 4.69) is 0 Å². The molecule has 1 unspecified atom stereocenters. The highest BCUT2D eigenvalue weighted by atomic mass is 35.5. The van der Waals surface area contributed by atoms with Gasteiger partial charge in [0.1, 0.15) is 11.3 Å². The van der Waals surface area contributed by atoms with E-state index in [1.807, 2.05) is 30.3 Å². The van der Waals surface area contributed by atoms with Crippen molar-refractivity contribution in [3.8, 4) is 5.75 Å². The number of furan rings is 1. The van der Waals surface area contributed by atoms with Crippen molar-refractivity contribution in [1.82, 2.24) is 4.90 Å². The first kappa shape index (κ1) is 21.8. The van der Waals surface area contributed by atoms with Crippen LogP contribution in [0.5, 0.6) is 5.75 Å². The molecule has 1 aromatic heterocycles. The van der Waals surface area contributed by atoms with Crippen molar-refractivity contribution in [3.63, 3.8) is 0 Å². The number of halogens is 1. The van der Waals surface area contributed by atoms with E-state index < -0.39 is 23.5 Å². The van der Waals surface area contributed by atoms with Crippen LogP contribution in [0.2, 0.25) is 5.02 Å². The number of para-hydroxylation sites is 1. The number of methoxy groups -OCH3 is 1. The highest BCUT2D eigenvalue weighted by molar-refractivity contribution is 6.30. The van der Waals surface area contributed by atoms with Crippen LogP contribution in [-0.2, 0) is 11.3 Å². The Morgan fingerprint density at radius 3 is 2.44 bits per heavy atom. The molecule has 0 bridgehead atoms. The van der Waals surface area contributed by atoms with Crippen molar-refractivity contribution in [1.29, 1.82) is 0 Å². The first-order valence-corrected chi connectivity index (χ1v) is 11.0. The lowest BCUT2D eigenvalue weighted by molar-refractivity contribution is -0.130. The van der Waals surface area contributed by atoms with E-state index in [0.29, 0.717) is 21.9 Å². The molecule has 2 heterocycles. The Labute approximate surface area is 200 Å². The van der Waals surface area contributed by atoms with Crippen molar-refractivity contribution < 1.29 is 23.8 Å². The van der Waals surface area contributed by atoms with Gasteiger partial charge in [-0.25, -0.2) is 0 Å². The van der Waals surface area contributed by atoms with Crippen LogP contribution in [0, 0.1) is 0 Å². The normalized spacial score (nSPS) is 15.9. The highest BCUT2D eigenvalue weighted by Crippen LogP contribution is 2.40. The second kappa shape index (κ2) is 8.72. The Bertz CT molecular complexity index is 1390. The average molecular weight is 474 g/mol. The number of ether oxygens (including phenoxy) is 1. The molecule has 0 saturated heterocycles. The molecule has 6 nitrogen and oxygen atoms in total. The number of carbonyl (C=O) groups excluding carboxylic acids is 2. The monoisotopic (exact) mass is 473 g/mol. The summed E-state index contributed by atoms with van der Waals surface area (Å²) in [6.07, 6.45) is 0. The minimum Gasteiger partial charge on any atom is -0.503 e. The molecule has 0 aliphatic carbocycles. The number of fused-ring (bicyclic) bond motifs is 1. The van der Waals surface area contributed by atoms with Crippen LogP contribution in [0.25, 0.3) is 11.0 Å². The molecule has 7 heteroatoms. The minimum absolute atomic E-state index is 0.0279. The van der Waals surface area contributed by atoms with Gasteiger partial charge in [-0.05, 0) is 47.5 Å². The van der Waals surface area contributed by atoms with Crippen LogP contribution >= 0.6 is 11.6 Å². The summed E-state index contributed by atoms with van der Waals surface area (Å²) in [5.74, 6) is -1.01. The average Bonchev–Trinajstić information content (AvgIpc) is 3.40. The zero-order valence-electron chi connectivity index (χ0n) is 18.2. The Hall–Kier alpha value is -4.03. The first-order chi connectivity index (χ1) is 16.5. The van der Waals surface area contributed by atoms with Gasteiger partial charge in [-0.15, -0.1) is 0 Å². The number of amides is 1. The predicted octanol–water partition coefficient (Wildman–Crippen LogP) is 5.87. The number of aliphatic hydroxyl groups is 1. The summed E-state index contributed by atoms with van der Waals surface area (Å²) >= 11 is 6.07. The number of hydrogen-bond acceptors (Lipinski definition) is 5. The second-order valence-corrected chi connectivity index (χ2v) is 8.41. The Kier molecular flexibility index (Phi) is 5.59. The van der Waals surface area contributed by atoms with Gasteiger partial charge in [0.05, 0.1) is 18.7 Å². The quantitative estimate of drug-likeness (QED) is 0.354. The molecule has 3 aromatic carbocycles. The summed E-state index contributed by atoms with van der Waals surface area (Å²) in [6, 6.07) is 22.2. The maximum atomic E-state index is 13.6. The first-order valence-electron chi connectivity index (χ1n) is 10.6. The molecule has 1 amide bonds.